The van der Waals surface area contributed by atoms with Gasteiger partial charge in [-0.3, -0.25) is 0 Å². The molecule has 0 rings (SSSR count). The molecule has 2 nitrogen and oxygen atoms in total. The maximum absolute atomic E-state index is 12.7. The molecule has 0 aliphatic rings. The van der Waals surface area contributed by atoms with Crippen LogP contribution in [0.25, 0.3) is 0 Å². The largest absolute Gasteiger partial charge is 0.305 e. The summed E-state index contributed by atoms with van der Waals surface area (Å²) >= 11 is 0. The van der Waals surface area contributed by atoms with Crippen molar-refractivity contribution in [1.29, 1.82) is 0 Å². The molecule has 0 bridgehead atoms. The molecular formula is C9H19FO2S. The highest BCUT2D eigenvalue weighted by atomic mass is 32.3. The monoisotopic (exact) mass is 210 g/mol. The van der Waals surface area contributed by atoms with Crippen LogP contribution in [0, 0.1) is 17.8 Å². The minimum absolute atomic E-state index is 0.116. The summed E-state index contributed by atoms with van der Waals surface area (Å²) in [6.07, 6.45) is 0. The van der Waals surface area contributed by atoms with Gasteiger partial charge in [-0.2, -0.15) is 8.42 Å². The highest BCUT2D eigenvalue weighted by molar-refractivity contribution is 7.87. The van der Waals surface area contributed by atoms with Crippen molar-refractivity contribution in [3.05, 3.63) is 0 Å². The normalized spacial score (nSPS) is 15.8. The quantitative estimate of drug-likeness (QED) is 0.668. The molecule has 0 saturated carbocycles. The molecule has 0 aliphatic carbocycles. The van der Waals surface area contributed by atoms with Crippen LogP contribution in [0.3, 0.4) is 0 Å². The summed E-state index contributed by atoms with van der Waals surface area (Å²) in [5.74, 6) is 0.246. The fourth-order valence-electron chi connectivity index (χ4n) is 2.04. The Morgan fingerprint density at radius 3 is 1.31 bits per heavy atom. The van der Waals surface area contributed by atoms with E-state index in [1.165, 1.54) is 6.92 Å². The van der Waals surface area contributed by atoms with Crippen LogP contribution in [0.5, 0.6) is 0 Å². The first-order chi connectivity index (χ1) is 5.68. The van der Waals surface area contributed by atoms with Gasteiger partial charge in [0.05, 0.1) is 5.25 Å². The topological polar surface area (TPSA) is 34.1 Å². The maximum atomic E-state index is 12.7. The van der Waals surface area contributed by atoms with Crippen molar-refractivity contribution in [2.75, 3.05) is 0 Å². The Hall–Kier alpha value is -0.120. The van der Waals surface area contributed by atoms with Crippen LogP contribution in [0.4, 0.5) is 3.89 Å². The zero-order valence-corrected chi connectivity index (χ0v) is 9.73. The van der Waals surface area contributed by atoms with Gasteiger partial charge in [-0.15, -0.1) is 3.89 Å². The van der Waals surface area contributed by atoms with Gasteiger partial charge in [0.15, 0.2) is 0 Å². The predicted octanol–water partition coefficient (Wildman–Crippen LogP) is 2.60. The maximum Gasteiger partial charge on any atom is 0.305 e. The van der Waals surface area contributed by atoms with Gasteiger partial charge in [-0.1, -0.05) is 27.7 Å². The Bertz CT molecular complexity index is 236. The Balaban J connectivity index is 4.77. The highest BCUT2D eigenvalue weighted by Crippen LogP contribution is 2.28. The summed E-state index contributed by atoms with van der Waals surface area (Å²) in [6.45, 7) is 9.14. The summed E-state index contributed by atoms with van der Waals surface area (Å²) in [6, 6.07) is 0. The van der Waals surface area contributed by atoms with Crippen LogP contribution in [0.2, 0.25) is 0 Å². The molecule has 0 amide bonds. The molecule has 0 aromatic rings. The Morgan fingerprint density at radius 2 is 1.23 bits per heavy atom. The van der Waals surface area contributed by atoms with Crippen molar-refractivity contribution in [3.63, 3.8) is 0 Å². The average molecular weight is 210 g/mol. The predicted molar refractivity (Wildman–Crippen MR) is 52.7 cm³/mol. The van der Waals surface area contributed by atoms with Crippen LogP contribution >= 0.6 is 0 Å². The van der Waals surface area contributed by atoms with E-state index in [1.54, 1.807) is 0 Å². The molecule has 0 aliphatic heterocycles. The molecule has 1 unspecified atom stereocenters. The van der Waals surface area contributed by atoms with E-state index in [4.69, 9.17) is 0 Å². The SMILES string of the molecule is CC(C)C(C(C)C)C(C)S(=O)(=O)F. The highest BCUT2D eigenvalue weighted by Gasteiger charge is 2.33. The smallest absolute Gasteiger partial charge is 0.195 e. The lowest BCUT2D eigenvalue weighted by atomic mass is 9.83. The van der Waals surface area contributed by atoms with E-state index in [1.807, 2.05) is 27.7 Å². The van der Waals surface area contributed by atoms with E-state index in [0.717, 1.165) is 0 Å². The third-order valence-corrected chi connectivity index (χ3v) is 3.73. The Labute approximate surface area is 80.7 Å². The summed E-state index contributed by atoms with van der Waals surface area (Å²) in [4.78, 5) is 0. The summed E-state index contributed by atoms with van der Waals surface area (Å²) in [5.41, 5.74) is 0. The number of rotatable bonds is 4. The van der Waals surface area contributed by atoms with Gasteiger partial charge in [0.1, 0.15) is 0 Å². The fraction of sp³-hybridized carbons (Fsp3) is 1.00. The van der Waals surface area contributed by atoms with Crippen molar-refractivity contribution in [2.24, 2.45) is 17.8 Å². The van der Waals surface area contributed by atoms with Crippen molar-refractivity contribution in [3.8, 4) is 0 Å². The van der Waals surface area contributed by atoms with Crippen LogP contribution in [-0.2, 0) is 10.2 Å². The van der Waals surface area contributed by atoms with E-state index in [9.17, 15) is 12.3 Å². The molecular weight excluding hydrogens is 191 g/mol. The molecule has 0 saturated heterocycles. The molecule has 0 radical (unpaired) electrons. The second-order valence-electron chi connectivity index (χ2n) is 4.25. The molecule has 0 heterocycles. The van der Waals surface area contributed by atoms with Crippen LogP contribution in [-0.4, -0.2) is 13.7 Å². The van der Waals surface area contributed by atoms with E-state index in [2.05, 4.69) is 0 Å². The zero-order chi connectivity index (χ0) is 10.8. The van der Waals surface area contributed by atoms with Crippen LogP contribution in [0.1, 0.15) is 34.6 Å². The minimum Gasteiger partial charge on any atom is -0.195 e. The van der Waals surface area contributed by atoms with E-state index in [-0.39, 0.29) is 17.8 Å². The third kappa shape index (κ3) is 3.63. The second-order valence-corrected chi connectivity index (χ2v) is 5.94. The number of halogens is 1. The van der Waals surface area contributed by atoms with Gasteiger partial charge in [0, 0.05) is 0 Å². The lowest BCUT2D eigenvalue weighted by Crippen LogP contribution is -2.32. The van der Waals surface area contributed by atoms with Gasteiger partial charge < -0.3 is 0 Å². The van der Waals surface area contributed by atoms with Gasteiger partial charge in [-0.25, -0.2) is 0 Å². The Morgan fingerprint density at radius 1 is 0.923 bits per heavy atom. The number of hydrogen-bond acceptors (Lipinski definition) is 2. The first-order valence-electron chi connectivity index (χ1n) is 4.61. The lowest BCUT2D eigenvalue weighted by molar-refractivity contribution is 0.276. The molecule has 80 valence electrons. The van der Waals surface area contributed by atoms with Crippen molar-refractivity contribution < 1.29 is 12.3 Å². The molecule has 1 atom stereocenters. The number of hydrogen-bond donors (Lipinski definition) is 0. The van der Waals surface area contributed by atoms with Gasteiger partial charge in [0.25, 0.3) is 0 Å². The Kier molecular flexibility index (Phi) is 4.36. The van der Waals surface area contributed by atoms with Crippen molar-refractivity contribution in [1.82, 2.24) is 0 Å². The van der Waals surface area contributed by atoms with Crippen LogP contribution in [0.15, 0.2) is 0 Å². The molecule has 13 heavy (non-hydrogen) atoms. The standard InChI is InChI=1S/C9H19FO2S/c1-6(2)9(7(3)4)8(5)13(10,11)12/h6-9H,1-5H3. The summed E-state index contributed by atoms with van der Waals surface area (Å²) < 4.78 is 34.2. The first-order valence-corrected chi connectivity index (χ1v) is 6.06. The molecule has 0 spiro atoms. The van der Waals surface area contributed by atoms with Gasteiger partial charge >= 0.3 is 10.2 Å². The van der Waals surface area contributed by atoms with E-state index < -0.39 is 15.5 Å². The molecule has 0 N–H and O–H groups in total. The molecule has 4 heteroatoms. The zero-order valence-electron chi connectivity index (χ0n) is 8.91. The minimum atomic E-state index is -4.39. The molecule has 0 aromatic heterocycles. The molecule has 0 fully saturated rings. The molecule has 0 aromatic carbocycles. The lowest BCUT2D eigenvalue weighted by Gasteiger charge is -2.28. The third-order valence-electron chi connectivity index (χ3n) is 2.53. The summed E-state index contributed by atoms with van der Waals surface area (Å²) in [5, 5.41) is -0.896. The first kappa shape index (κ1) is 12.9. The van der Waals surface area contributed by atoms with E-state index in [0.29, 0.717) is 0 Å². The van der Waals surface area contributed by atoms with Crippen molar-refractivity contribution in [2.45, 2.75) is 39.9 Å². The van der Waals surface area contributed by atoms with Crippen LogP contribution < -0.4 is 0 Å². The van der Waals surface area contributed by atoms with Gasteiger partial charge in [0.2, 0.25) is 0 Å². The average Bonchev–Trinajstić information content (AvgIpc) is 1.82. The van der Waals surface area contributed by atoms with Crippen molar-refractivity contribution >= 4 is 10.2 Å². The van der Waals surface area contributed by atoms with E-state index >= 15 is 0 Å². The fourth-order valence-corrected chi connectivity index (χ4v) is 3.05. The van der Waals surface area contributed by atoms with Gasteiger partial charge in [-0.05, 0) is 24.7 Å². The summed E-state index contributed by atoms with van der Waals surface area (Å²) in [7, 11) is -4.39. The second kappa shape index (κ2) is 4.40.